The highest BCUT2D eigenvalue weighted by Gasteiger charge is 2.52. The number of nitrogens with zero attached hydrogens (tertiary/aromatic N) is 3. The summed E-state index contributed by atoms with van der Waals surface area (Å²) in [6.07, 6.45) is -9.80. The molecule has 0 N–H and O–H groups in total. The largest absolute Gasteiger partial charge is 0.463 e. The third kappa shape index (κ3) is 6.41. The molecule has 0 radical (unpaired) electrons. The van der Waals surface area contributed by atoms with Crippen LogP contribution in [0.15, 0.2) is 24.3 Å². The summed E-state index contributed by atoms with van der Waals surface area (Å²) < 4.78 is 66.3. The van der Waals surface area contributed by atoms with Crippen LogP contribution in [0.2, 0.25) is 0 Å². The minimum absolute atomic E-state index is 0.0910. The van der Waals surface area contributed by atoms with Gasteiger partial charge in [0.25, 0.3) is 5.82 Å². The highest BCUT2D eigenvalue weighted by molar-refractivity contribution is 5.85. The van der Waals surface area contributed by atoms with Gasteiger partial charge >= 0.3 is 30.1 Å². The number of hydrogen-bond donors (Lipinski definition) is 0. The van der Waals surface area contributed by atoms with Crippen molar-refractivity contribution >= 4 is 23.9 Å². The average molecular weight is 529 g/mol. The van der Waals surface area contributed by atoms with E-state index in [4.69, 9.17) is 18.9 Å². The zero-order valence-corrected chi connectivity index (χ0v) is 20.0. The fraction of sp³-hybridized carbons (Fsp3) is 0.455. The van der Waals surface area contributed by atoms with Gasteiger partial charge in [0, 0.05) is 26.3 Å². The van der Waals surface area contributed by atoms with Crippen LogP contribution in [0.4, 0.5) is 13.2 Å². The van der Waals surface area contributed by atoms with Crippen LogP contribution < -0.4 is 0 Å². The van der Waals surface area contributed by atoms with Crippen LogP contribution in [0.5, 0.6) is 0 Å². The first-order chi connectivity index (χ1) is 17.3. The zero-order chi connectivity index (χ0) is 27.5. The first-order valence-corrected chi connectivity index (χ1v) is 10.7. The zero-order valence-electron chi connectivity index (χ0n) is 20.0. The van der Waals surface area contributed by atoms with Gasteiger partial charge in [0.2, 0.25) is 0 Å². The number of esters is 4. The van der Waals surface area contributed by atoms with Gasteiger partial charge in [-0.05, 0) is 12.1 Å². The molecule has 2 unspecified atom stereocenters. The van der Waals surface area contributed by atoms with Crippen LogP contribution in [-0.2, 0) is 44.2 Å². The maximum absolute atomic E-state index is 13.1. The Kier molecular flexibility index (Phi) is 8.15. The molecule has 15 heteroatoms. The normalized spacial score (nSPS) is 21.3. The molecule has 3 rings (SSSR count). The summed E-state index contributed by atoms with van der Waals surface area (Å²) in [6.45, 7) is 2.91. The molecule has 4 atom stereocenters. The van der Waals surface area contributed by atoms with Crippen LogP contribution in [0, 0.1) is 0 Å². The Morgan fingerprint density at radius 1 is 0.973 bits per heavy atom. The van der Waals surface area contributed by atoms with Gasteiger partial charge in [-0.25, -0.2) is 14.5 Å². The van der Waals surface area contributed by atoms with Crippen LogP contribution in [0.25, 0.3) is 11.4 Å². The van der Waals surface area contributed by atoms with E-state index in [-0.39, 0.29) is 11.4 Å². The van der Waals surface area contributed by atoms with Crippen LogP contribution >= 0.6 is 0 Å². The first kappa shape index (κ1) is 27.6. The quantitative estimate of drug-likeness (QED) is 0.384. The van der Waals surface area contributed by atoms with E-state index in [0.29, 0.717) is 0 Å². The molecule has 0 amide bonds. The van der Waals surface area contributed by atoms with Gasteiger partial charge in [-0.2, -0.15) is 13.2 Å². The van der Waals surface area contributed by atoms with E-state index in [1.54, 1.807) is 0 Å². The molecular formula is C22H22F3N3O9. The average Bonchev–Trinajstić information content (AvgIpc) is 3.38. The minimum atomic E-state index is -4.60. The maximum atomic E-state index is 13.1. The number of halogens is 3. The number of carbonyl (C=O) groups excluding carboxylic acids is 4. The molecule has 1 saturated heterocycles. The second-order valence-corrected chi connectivity index (χ2v) is 7.79. The van der Waals surface area contributed by atoms with Gasteiger partial charge in [0.05, 0.1) is 12.7 Å². The molecule has 2 aromatic rings. The fourth-order valence-electron chi connectivity index (χ4n) is 3.57. The van der Waals surface area contributed by atoms with E-state index in [1.807, 2.05) is 0 Å². The monoisotopic (exact) mass is 529 g/mol. The second-order valence-electron chi connectivity index (χ2n) is 7.79. The third-order valence-corrected chi connectivity index (χ3v) is 5.05. The molecule has 1 aromatic heterocycles. The van der Waals surface area contributed by atoms with Crippen molar-refractivity contribution in [1.29, 1.82) is 0 Å². The highest BCUT2D eigenvalue weighted by Crippen LogP contribution is 2.37. The topological polar surface area (TPSA) is 145 Å². The van der Waals surface area contributed by atoms with Gasteiger partial charge in [0.1, 0.15) is 12.7 Å². The lowest BCUT2D eigenvalue weighted by Gasteiger charge is -2.23. The van der Waals surface area contributed by atoms with Crippen LogP contribution in [0.1, 0.15) is 43.2 Å². The lowest BCUT2D eigenvalue weighted by molar-refractivity contribution is -0.166. The summed E-state index contributed by atoms with van der Waals surface area (Å²) in [5.41, 5.74) is -0.838. The van der Waals surface area contributed by atoms with Gasteiger partial charge in [0.15, 0.2) is 24.3 Å². The lowest BCUT2D eigenvalue weighted by Crippen LogP contribution is -2.40. The van der Waals surface area contributed by atoms with Crippen LogP contribution in [0.3, 0.4) is 0 Å². The second kappa shape index (κ2) is 10.9. The lowest BCUT2D eigenvalue weighted by atomic mass is 10.1. The predicted octanol–water partition coefficient (Wildman–Crippen LogP) is 2.07. The number of alkyl halides is 3. The summed E-state index contributed by atoms with van der Waals surface area (Å²) in [7, 11) is 1.07. The molecule has 200 valence electrons. The summed E-state index contributed by atoms with van der Waals surface area (Å²) >= 11 is 0. The molecular weight excluding hydrogens is 507 g/mol. The fourth-order valence-corrected chi connectivity index (χ4v) is 3.57. The van der Waals surface area contributed by atoms with E-state index >= 15 is 0 Å². The Labute approximate surface area is 207 Å². The Balaban J connectivity index is 2.12. The SMILES string of the molecule is COC(=O)c1nc(-c2ccc(C(F)(F)F)cc2)n([C@@H]2O[C@H](COC(C)=O)C(OC(C)=O)C2OC(C)=O)n1. The van der Waals surface area contributed by atoms with Crippen molar-refractivity contribution in [1.82, 2.24) is 14.8 Å². The summed E-state index contributed by atoms with van der Waals surface area (Å²) in [6, 6.07) is 3.80. The molecule has 37 heavy (non-hydrogen) atoms. The van der Waals surface area contributed by atoms with E-state index in [2.05, 4.69) is 14.8 Å². The number of aromatic nitrogens is 3. The number of carbonyl (C=O) groups is 4. The molecule has 0 saturated carbocycles. The summed E-state index contributed by atoms with van der Waals surface area (Å²) in [4.78, 5) is 51.3. The van der Waals surface area contributed by atoms with Crippen molar-refractivity contribution in [2.24, 2.45) is 0 Å². The Morgan fingerprint density at radius 2 is 1.57 bits per heavy atom. The molecule has 1 fully saturated rings. The standard InChI is InChI=1S/C22H22F3N3O9/c1-10(29)34-9-15-16(35-11(2)30)17(36-12(3)31)20(37-15)28-19(26-18(27-28)21(32)33-4)13-5-7-14(8-6-13)22(23,24)25/h5-8,15-17,20H,9H2,1-4H3/t15-,16?,17?,20-/m1/s1. The Bertz CT molecular complexity index is 1180. The van der Waals surface area contributed by atoms with Gasteiger partial charge in [-0.15, -0.1) is 5.10 Å². The van der Waals surface area contributed by atoms with Crippen molar-refractivity contribution in [3.05, 3.63) is 35.7 Å². The van der Waals surface area contributed by atoms with E-state index in [0.717, 1.165) is 56.8 Å². The van der Waals surface area contributed by atoms with E-state index in [9.17, 15) is 32.3 Å². The third-order valence-electron chi connectivity index (χ3n) is 5.05. The number of hydrogen-bond acceptors (Lipinski definition) is 11. The molecule has 0 spiro atoms. The molecule has 1 aliphatic heterocycles. The number of methoxy groups -OCH3 is 1. The Morgan fingerprint density at radius 3 is 2.08 bits per heavy atom. The molecule has 2 heterocycles. The Hall–Kier alpha value is -4.01. The summed E-state index contributed by atoms with van der Waals surface area (Å²) in [5.74, 6) is -3.83. The number of rotatable bonds is 7. The smallest absolute Gasteiger partial charge is 0.416 e. The molecule has 12 nitrogen and oxygen atoms in total. The minimum Gasteiger partial charge on any atom is -0.463 e. The van der Waals surface area contributed by atoms with Gasteiger partial charge in [-0.3, -0.25) is 14.4 Å². The van der Waals surface area contributed by atoms with Crippen molar-refractivity contribution < 1.29 is 56.0 Å². The van der Waals surface area contributed by atoms with E-state index in [1.165, 1.54) is 0 Å². The molecule has 1 aromatic carbocycles. The predicted molar refractivity (Wildman–Crippen MR) is 113 cm³/mol. The number of ether oxygens (including phenoxy) is 5. The maximum Gasteiger partial charge on any atom is 0.416 e. The molecule has 1 aliphatic rings. The van der Waals surface area contributed by atoms with E-state index < -0.39 is 72.6 Å². The molecule has 0 aliphatic carbocycles. The van der Waals surface area contributed by atoms with Crippen molar-refractivity contribution in [3.63, 3.8) is 0 Å². The molecule has 0 bridgehead atoms. The first-order valence-electron chi connectivity index (χ1n) is 10.7. The highest BCUT2D eigenvalue weighted by atomic mass is 19.4. The van der Waals surface area contributed by atoms with Crippen molar-refractivity contribution in [2.75, 3.05) is 13.7 Å². The van der Waals surface area contributed by atoms with Gasteiger partial charge < -0.3 is 23.7 Å². The number of benzene rings is 1. The van der Waals surface area contributed by atoms with Crippen LogP contribution in [-0.4, -0.2) is 70.7 Å². The van der Waals surface area contributed by atoms with Crippen molar-refractivity contribution in [3.8, 4) is 11.4 Å². The van der Waals surface area contributed by atoms with Crippen molar-refractivity contribution in [2.45, 2.75) is 51.5 Å². The van der Waals surface area contributed by atoms with Gasteiger partial charge in [-0.1, -0.05) is 12.1 Å². The summed E-state index contributed by atoms with van der Waals surface area (Å²) in [5, 5.41) is 4.06.